The lowest BCUT2D eigenvalue weighted by Gasteiger charge is -2.39. The van der Waals surface area contributed by atoms with Gasteiger partial charge in [-0.2, -0.15) is 0 Å². The standard InChI is InChI=1S/C14H18FNO3/c1-18-14(19-2)7-9-16(10-8-14)13(17)11-5-3-4-6-12(11)15/h3-6H,7-10H2,1-2H3. The number of likely N-dealkylation sites (tertiary alicyclic amines) is 1. The predicted molar refractivity (Wildman–Crippen MR) is 68.3 cm³/mol. The van der Waals surface area contributed by atoms with Crippen molar-refractivity contribution in [2.24, 2.45) is 0 Å². The molecule has 1 aliphatic rings. The summed E-state index contributed by atoms with van der Waals surface area (Å²) in [6.07, 6.45) is 1.17. The second kappa shape index (κ2) is 5.67. The van der Waals surface area contributed by atoms with Gasteiger partial charge in [-0.25, -0.2) is 4.39 Å². The lowest BCUT2D eigenvalue weighted by Crippen LogP contribution is -2.48. The van der Waals surface area contributed by atoms with Gasteiger partial charge in [-0.3, -0.25) is 4.79 Å². The summed E-state index contributed by atoms with van der Waals surface area (Å²) in [5.41, 5.74) is 0.116. The van der Waals surface area contributed by atoms with Crippen LogP contribution in [0.2, 0.25) is 0 Å². The van der Waals surface area contributed by atoms with Gasteiger partial charge in [0.25, 0.3) is 5.91 Å². The van der Waals surface area contributed by atoms with Crippen molar-refractivity contribution in [3.63, 3.8) is 0 Å². The third kappa shape index (κ3) is 2.77. The third-order valence-corrected chi connectivity index (χ3v) is 3.66. The van der Waals surface area contributed by atoms with E-state index in [-0.39, 0.29) is 11.5 Å². The van der Waals surface area contributed by atoms with Gasteiger partial charge in [0.15, 0.2) is 5.79 Å². The maximum absolute atomic E-state index is 13.6. The van der Waals surface area contributed by atoms with Crippen LogP contribution in [0.15, 0.2) is 24.3 Å². The average Bonchev–Trinajstić information content (AvgIpc) is 2.47. The number of amides is 1. The first-order chi connectivity index (χ1) is 9.12. The zero-order valence-electron chi connectivity index (χ0n) is 11.2. The molecule has 0 spiro atoms. The van der Waals surface area contributed by atoms with Gasteiger partial charge in [0.05, 0.1) is 5.56 Å². The number of benzene rings is 1. The summed E-state index contributed by atoms with van der Waals surface area (Å²) in [7, 11) is 3.19. The summed E-state index contributed by atoms with van der Waals surface area (Å²) < 4.78 is 24.3. The molecule has 0 radical (unpaired) electrons. The number of hydrogen-bond donors (Lipinski definition) is 0. The van der Waals surface area contributed by atoms with Crippen LogP contribution < -0.4 is 0 Å². The molecular formula is C14H18FNO3. The first-order valence-corrected chi connectivity index (χ1v) is 6.26. The molecule has 0 N–H and O–H groups in total. The minimum Gasteiger partial charge on any atom is -0.353 e. The smallest absolute Gasteiger partial charge is 0.256 e. The van der Waals surface area contributed by atoms with E-state index in [4.69, 9.17) is 9.47 Å². The second-order valence-electron chi connectivity index (χ2n) is 4.59. The summed E-state index contributed by atoms with van der Waals surface area (Å²) in [6, 6.07) is 6.04. The molecule has 0 aliphatic carbocycles. The summed E-state index contributed by atoms with van der Waals surface area (Å²) in [5, 5.41) is 0. The van der Waals surface area contributed by atoms with Gasteiger partial charge in [-0.05, 0) is 12.1 Å². The molecular weight excluding hydrogens is 249 g/mol. The highest BCUT2D eigenvalue weighted by Gasteiger charge is 2.36. The normalized spacial score (nSPS) is 18.4. The second-order valence-corrected chi connectivity index (χ2v) is 4.59. The third-order valence-electron chi connectivity index (χ3n) is 3.66. The van der Waals surface area contributed by atoms with Crippen LogP contribution in [-0.4, -0.2) is 43.9 Å². The van der Waals surface area contributed by atoms with Crippen molar-refractivity contribution in [1.29, 1.82) is 0 Å². The Bertz CT molecular complexity index is 450. The fraction of sp³-hybridized carbons (Fsp3) is 0.500. The van der Waals surface area contributed by atoms with E-state index in [0.29, 0.717) is 25.9 Å². The molecule has 1 aromatic rings. The summed E-state index contributed by atoms with van der Waals surface area (Å²) in [5.74, 6) is -1.38. The number of rotatable bonds is 3. The van der Waals surface area contributed by atoms with E-state index in [9.17, 15) is 9.18 Å². The largest absolute Gasteiger partial charge is 0.353 e. The lowest BCUT2D eigenvalue weighted by molar-refractivity contribution is -0.226. The number of carbonyl (C=O) groups excluding carboxylic acids is 1. The van der Waals surface area contributed by atoms with E-state index < -0.39 is 11.6 Å². The van der Waals surface area contributed by atoms with E-state index >= 15 is 0 Å². The molecule has 1 aromatic carbocycles. The molecule has 1 fully saturated rings. The van der Waals surface area contributed by atoms with E-state index in [2.05, 4.69) is 0 Å². The molecule has 2 rings (SSSR count). The Labute approximate surface area is 112 Å². The van der Waals surface area contributed by atoms with Gasteiger partial charge in [0.2, 0.25) is 0 Å². The van der Waals surface area contributed by atoms with Gasteiger partial charge < -0.3 is 14.4 Å². The molecule has 4 nitrogen and oxygen atoms in total. The van der Waals surface area contributed by atoms with Crippen LogP contribution >= 0.6 is 0 Å². The van der Waals surface area contributed by atoms with Gasteiger partial charge in [-0.1, -0.05) is 12.1 Å². The topological polar surface area (TPSA) is 38.8 Å². The predicted octanol–water partition coefficient (Wildman–Crippen LogP) is 2.05. The number of methoxy groups -OCH3 is 2. The van der Waals surface area contributed by atoms with Crippen LogP contribution in [-0.2, 0) is 9.47 Å². The molecule has 19 heavy (non-hydrogen) atoms. The molecule has 5 heteroatoms. The highest BCUT2D eigenvalue weighted by Crippen LogP contribution is 2.27. The highest BCUT2D eigenvalue weighted by molar-refractivity contribution is 5.94. The van der Waals surface area contributed by atoms with E-state index in [1.165, 1.54) is 12.1 Å². The van der Waals surface area contributed by atoms with Gasteiger partial charge >= 0.3 is 0 Å². The SMILES string of the molecule is COC1(OC)CCN(C(=O)c2ccccc2F)CC1. The quantitative estimate of drug-likeness (QED) is 0.787. The van der Waals surface area contributed by atoms with Crippen molar-refractivity contribution in [3.8, 4) is 0 Å². The van der Waals surface area contributed by atoms with Gasteiger partial charge in [-0.15, -0.1) is 0 Å². The number of carbonyl (C=O) groups is 1. The summed E-state index contributed by atoms with van der Waals surface area (Å²) >= 11 is 0. The number of ether oxygens (including phenoxy) is 2. The molecule has 0 aromatic heterocycles. The van der Waals surface area contributed by atoms with Crippen molar-refractivity contribution < 1.29 is 18.7 Å². The lowest BCUT2D eigenvalue weighted by atomic mass is 10.0. The van der Waals surface area contributed by atoms with Crippen LogP contribution in [0.3, 0.4) is 0 Å². The molecule has 0 atom stereocenters. The molecule has 0 saturated carbocycles. The average molecular weight is 267 g/mol. The molecule has 0 bridgehead atoms. The maximum Gasteiger partial charge on any atom is 0.256 e. The zero-order chi connectivity index (χ0) is 13.9. The maximum atomic E-state index is 13.6. The fourth-order valence-electron chi connectivity index (χ4n) is 2.35. The van der Waals surface area contributed by atoms with Crippen molar-refractivity contribution in [3.05, 3.63) is 35.6 Å². The Morgan fingerprint density at radius 3 is 2.32 bits per heavy atom. The van der Waals surface area contributed by atoms with Crippen molar-refractivity contribution in [1.82, 2.24) is 4.90 Å². The van der Waals surface area contributed by atoms with Crippen LogP contribution in [0.5, 0.6) is 0 Å². The van der Waals surface area contributed by atoms with Crippen LogP contribution in [0.1, 0.15) is 23.2 Å². The molecule has 1 aliphatic heterocycles. The Morgan fingerprint density at radius 2 is 1.79 bits per heavy atom. The van der Waals surface area contributed by atoms with Gasteiger partial charge in [0.1, 0.15) is 5.82 Å². The van der Waals surface area contributed by atoms with Crippen LogP contribution in [0.4, 0.5) is 4.39 Å². The minimum absolute atomic E-state index is 0.116. The molecule has 1 saturated heterocycles. The fourth-order valence-corrected chi connectivity index (χ4v) is 2.35. The van der Waals surface area contributed by atoms with Crippen LogP contribution in [0.25, 0.3) is 0 Å². The first kappa shape index (κ1) is 14.0. The Balaban J connectivity index is 2.06. The first-order valence-electron chi connectivity index (χ1n) is 6.26. The summed E-state index contributed by atoms with van der Waals surface area (Å²) in [6.45, 7) is 0.990. The number of hydrogen-bond acceptors (Lipinski definition) is 3. The highest BCUT2D eigenvalue weighted by atomic mass is 19.1. The van der Waals surface area contributed by atoms with Crippen molar-refractivity contribution in [2.75, 3.05) is 27.3 Å². The summed E-state index contributed by atoms with van der Waals surface area (Å²) in [4.78, 5) is 13.8. The van der Waals surface area contributed by atoms with Crippen molar-refractivity contribution >= 4 is 5.91 Å². The number of halogens is 1. The molecule has 104 valence electrons. The minimum atomic E-state index is -0.619. The molecule has 1 heterocycles. The number of nitrogens with zero attached hydrogens (tertiary/aromatic N) is 1. The molecule has 1 amide bonds. The van der Waals surface area contributed by atoms with Gasteiger partial charge in [0, 0.05) is 40.2 Å². The van der Waals surface area contributed by atoms with E-state index in [1.807, 2.05) is 0 Å². The Hall–Kier alpha value is -1.46. The molecule has 0 unspecified atom stereocenters. The van der Waals surface area contributed by atoms with Crippen LogP contribution in [0, 0.1) is 5.82 Å². The monoisotopic (exact) mass is 267 g/mol. The Morgan fingerprint density at radius 1 is 1.21 bits per heavy atom. The van der Waals surface area contributed by atoms with E-state index in [1.54, 1.807) is 31.3 Å². The van der Waals surface area contributed by atoms with E-state index in [0.717, 1.165) is 0 Å². The zero-order valence-corrected chi connectivity index (χ0v) is 11.2. The van der Waals surface area contributed by atoms with Crippen molar-refractivity contribution in [2.45, 2.75) is 18.6 Å². The number of piperidine rings is 1. The Kier molecular flexibility index (Phi) is 4.17.